The van der Waals surface area contributed by atoms with E-state index in [1.807, 2.05) is 0 Å². The second-order valence-electron chi connectivity index (χ2n) is 2.73. The van der Waals surface area contributed by atoms with Gasteiger partial charge < -0.3 is 4.74 Å². The average Bonchev–Trinajstić information content (AvgIpc) is 2.20. The Morgan fingerprint density at radius 2 is 2.13 bits per heavy atom. The maximum absolute atomic E-state index is 13.5. The highest BCUT2D eigenvalue weighted by Crippen LogP contribution is 2.23. The Balaban J connectivity index is 3.51. The Morgan fingerprint density at radius 3 is 2.53 bits per heavy atom. The van der Waals surface area contributed by atoms with Gasteiger partial charge in [0.15, 0.2) is 5.75 Å². The van der Waals surface area contributed by atoms with Crippen LogP contribution in [0.2, 0.25) is 0 Å². The molecule has 0 aromatic carbocycles. The van der Waals surface area contributed by atoms with E-state index in [0.717, 1.165) is 0 Å². The second kappa shape index (κ2) is 4.07. The number of rotatable bonds is 3. The lowest BCUT2D eigenvalue weighted by atomic mass is 10.2. The molecule has 1 heterocycles. The van der Waals surface area contributed by atoms with Crippen LogP contribution in [0.15, 0.2) is 6.20 Å². The molecule has 0 radical (unpaired) electrons. The fourth-order valence-corrected chi connectivity index (χ4v) is 1.14. The molecule has 0 unspecified atom stereocenters. The minimum absolute atomic E-state index is 0.0671. The summed E-state index contributed by atoms with van der Waals surface area (Å²) < 4.78 is 19.1. The molecule has 0 amide bonds. The summed E-state index contributed by atoms with van der Waals surface area (Å²) in [5, 5.41) is 10.6. The van der Waals surface area contributed by atoms with Crippen LogP contribution in [0.1, 0.15) is 5.56 Å². The van der Waals surface area contributed by atoms with Gasteiger partial charge in [0.1, 0.15) is 12.0 Å². The molecule has 0 N–H and O–H groups in total. The Morgan fingerprint density at radius 1 is 1.53 bits per heavy atom. The third-order valence-electron chi connectivity index (χ3n) is 1.93. The Bertz CT molecular complexity index is 408. The van der Waals surface area contributed by atoms with Gasteiger partial charge in [0.25, 0.3) is 12.0 Å². The summed E-state index contributed by atoms with van der Waals surface area (Å²) in [6.45, 7) is 1.39. The maximum Gasteiger partial charge on any atom is 0.585 e. The number of pyridine rings is 1. The van der Waals surface area contributed by atoms with Gasteiger partial charge in [-0.1, -0.05) is 0 Å². The van der Waals surface area contributed by atoms with Crippen LogP contribution in [0.3, 0.4) is 0 Å². The number of hydrogen-bond donors (Lipinski definition) is 0. The van der Waals surface area contributed by atoms with Crippen molar-refractivity contribution in [2.24, 2.45) is 0 Å². The van der Waals surface area contributed by atoms with Crippen molar-refractivity contribution >= 4 is 5.82 Å². The third kappa shape index (κ3) is 1.80. The third-order valence-corrected chi connectivity index (χ3v) is 1.93. The van der Waals surface area contributed by atoms with Crippen LogP contribution >= 0.6 is 0 Å². The van der Waals surface area contributed by atoms with Crippen molar-refractivity contribution < 1.29 is 23.6 Å². The number of aromatic nitrogens is 1. The summed E-state index contributed by atoms with van der Waals surface area (Å²) in [6.07, 6.45) is 1.20. The SMILES string of the molecule is COc1c[n+](OC)c([N+](=O)[O-])c(F)c1C. The molecule has 0 bridgehead atoms. The highest BCUT2D eigenvalue weighted by molar-refractivity contribution is 5.34. The van der Waals surface area contributed by atoms with E-state index < -0.39 is 16.6 Å². The van der Waals surface area contributed by atoms with E-state index in [1.54, 1.807) is 0 Å². The van der Waals surface area contributed by atoms with Crippen LogP contribution in [-0.2, 0) is 0 Å². The van der Waals surface area contributed by atoms with E-state index >= 15 is 0 Å². The number of halogens is 1. The first-order chi connectivity index (χ1) is 7.02. The molecule has 1 rings (SSSR count). The fraction of sp³-hybridized carbons (Fsp3) is 0.375. The van der Waals surface area contributed by atoms with E-state index in [1.165, 1.54) is 27.3 Å². The van der Waals surface area contributed by atoms with Crippen LogP contribution in [-0.4, -0.2) is 19.1 Å². The van der Waals surface area contributed by atoms with E-state index in [0.29, 0.717) is 4.73 Å². The summed E-state index contributed by atoms with van der Waals surface area (Å²) in [5.41, 5.74) is 0.0671. The predicted octanol–water partition coefficient (Wildman–Crippen LogP) is 0.397. The standard InChI is InChI=1S/C8H10FN2O4/c1-5-6(14-2)4-10(15-3)8(7(5)9)11(12)13/h4H,1-3H3/q+1. The fourth-order valence-electron chi connectivity index (χ4n) is 1.14. The first-order valence-corrected chi connectivity index (χ1v) is 4.00. The van der Waals surface area contributed by atoms with E-state index in [9.17, 15) is 14.5 Å². The van der Waals surface area contributed by atoms with Gasteiger partial charge in [0, 0.05) is 5.56 Å². The normalized spacial score (nSPS) is 9.87. The van der Waals surface area contributed by atoms with Gasteiger partial charge in [-0.25, -0.2) is 0 Å². The molecule has 0 aliphatic rings. The van der Waals surface area contributed by atoms with Crippen molar-refractivity contribution in [3.05, 3.63) is 27.7 Å². The number of methoxy groups -OCH3 is 1. The lowest BCUT2D eigenvalue weighted by Gasteiger charge is -2.02. The molecular weight excluding hydrogens is 207 g/mol. The highest BCUT2D eigenvalue weighted by atomic mass is 19.1. The number of nitrogens with zero attached hydrogens (tertiary/aromatic N) is 2. The van der Waals surface area contributed by atoms with Crippen molar-refractivity contribution in [3.8, 4) is 5.75 Å². The zero-order valence-corrected chi connectivity index (χ0v) is 8.48. The van der Waals surface area contributed by atoms with Crippen LogP contribution in [0, 0.1) is 22.9 Å². The zero-order valence-electron chi connectivity index (χ0n) is 8.48. The number of ether oxygens (including phenoxy) is 1. The second-order valence-corrected chi connectivity index (χ2v) is 2.73. The molecule has 0 saturated heterocycles. The van der Waals surface area contributed by atoms with Crippen molar-refractivity contribution in [3.63, 3.8) is 0 Å². The number of nitro groups is 1. The number of hydrogen-bond acceptors (Lipinski definition) is 4. The molecular formula is C8H10FN2O4+. The molecule has 1 aromatic rings. The van der Waals surface area contributed by atoms with Crippen molar-refractivity contribution in [1.29, 1.82) is 0 Å². The summed E-state index contributed by atoms with van der Waals surface area (Å²) >= 11 is 0. The van der Waals surface area contributed by atoms with Crippen LogP contribution < -0.4 is 14.3 Å². The monoisotopic (exact) mass is 217 g/mol. The molecule has 6 nitrogen and oxygen atoms in total. The Kier molecular flexibility index (Phi) is 3.03. The van der Waals surface area contributed by atoms with E-state index in [2.05, 4.69) is 4.84 Å². The summed E-state index contributed by atoms with van der Waals surface area (Å²) in [7, 11) is 2.54. The molecule has 0 aliphatic carbocycles. The van der Waals surface area contributed by atoms with Gasteiger partial charge in [0.05, 0.1) is 11.8 Å². The van der Waals surface area contributed by atoms with E-state index in [4.69, 9.17) is 4.74 Å². The Labute approximate surface area is 85.0 Å². The summed E-state index contributed by atoms with van der Waals surface area (Å²) in [4.78, 5) is 14.4. The van der Waals surface area contributed by atoms with Crippen LogP contribution in [0.4, 0.5) is 10.2 Å². The molecule has 0 atom stereocenters. The minimum Gasteiger partial charge on any atom is -0.490 e. The average molecular weight is 217 g/mol. The first kappa shape index (κ1) is 11.2. The summed E-state index contributed by atoms with van der Waals surface area (Å²) in [5.74, 6) is -1.54. The van der Waals surface area contributed by atoms with E-state index in [-0.39, 0.29) is 11.3 Å². The van der Waals surface area contributed by atoms with Crippen LogP contribution in [0.5, 0.6) is 5.75 Å². The molecule has 0 aliphatic heterocycles. The molecule has 15 heavy (non-hydrogen) atoms. The molecule has 0 spiro atoms. The lowest BCUT2D eigenvalue weighted by molar-refractivity contribution is -0.903. The van der Waals surface area contributed by atoms with Crippen molar-refractivity contribution in [1.82, 2.24) is 0 Å². The molecule has 1 aromatic heterocycles. The quantitative estimate of drug-likeness (QED) is 0.417. The van der Waals surface area contributed by atoms with Crippen LogP contribution in [0.25, 0.3) is 0 Å². The molecule has 7 heteroatoms. The zero-order chi connectivity index (χ0) is 11.6. The molecule has 82 valence electrons. The molecule has 0 saturated carbocycles. The van der Waals surface area contributed by atoms with Gasteiger partial charge in [-0.15, -0.1) is 0 Å². The largest absolute Gasteiger partial charge is 0.585 e. The Hall–Kier alpha value is -1.92. The predicted molar refractivity (Wildman–Crippen MR) is 47.0 cm³/mol. The van der Waals surface area contributed by atoms with Gasteiger partial charge >= 0.3 is 5.82 Å². The highest BCUT2D eigenvalue weighted by Gasteiger charge is 2.35. The first-order valence-electron chi connectivity index (χ1n) is 4.00. The topological polar surface area (TPSA) is 65.5 Å². The molecule has 0 fully saturated rings. The van der Waals surface area contributed by atoms with Gasteiger partial charge in [-0.3, -0.25) is 15.0 Å². The van der Waals surface area contributed by atoms with Crippen molar-refractivity contribution in [2.75, 3.05) is 14.2 Å². The lowest BCUT2D eigenvalue weighted by Crippen LogP contribution is -2.43. The minimum atomic E-state index is -0.971. The summed E-state index contributed by atoms with van der Waals surface area (Å²) in [6, 6.07) is 0. The van der Waals surface area contributed by atoms with Gasteiger partial charge in [-0.2, -0.15) is 4.39 Å². The van der Waals surface area contributed by atoms with Gasteiger partial charge in [-0.05, 0) is 6.92 Å². The maximum atomic E-state index is 13.5. The van der Waals surface area contributed by atoms with Crippen molar-refractivity contribution in [2.45, 2.75) is 6.92 Å². The van der Waals surface area contributed by atoms with Gasteiger partial charge in [0.2, 0.25) is 0 Å². The smallest absolute Gasteiger partial charge is 0.490 e.